The predicted octanol–water partition coefficient (Wildman–Crippen LogP) is 4.86. The van der Waals surface area contributed by atoms with Crippen LogP contribution in [0.1, 0.15) is 129 Å². The Bertz CT molecular complexity index is 2780. The number of carbonyl (C=O) groups excluding carboxylic acids is 11. The Morgan fingerprint density at radius 3 is 2.29 bits per heavy atom. The van der Waals surface area contributed by atoms with Crippen molar-refractivity contribution in [1.29, 1.82) is 0 Å². The van der Waals surface area contributed by atoms with Gasteiger partial charge in [-0.2, -0.15) is 0 Å². The third-order valence-electron chi connectivity index (χ3n) is 15.3. The largest absolute Gasteiger partial charge is 0.495 e. The number of primary amides is 1. The highest BCUT2D eigenvalue weighted by Crippen LogP contribution is 2.35. The van der Waals surface area contributed by atoms with Gasteiger partial charge >= 0.3 is 23.9 Å². The van der Waals surface area contributed by atoms with Gasteiger partial charge in [0.05, 0.1) is 42.2 Å². The number of carbonyl (C=O) groups is 11. The number of hydrogen-bond acceptors (Lipinski definition) is 17. The molecule has 2 aromatic carbocycles. The summed E-state index contributed by atoms with van der Waals surface area (Å²) in [6.07, 6.45) is -1.24. The maximum absolute atomic E-state index is 14.3. The number of nitrogens with one attached hydrogen (secondary N) is 5. The molecule has 0 bridgehead atoms. The quantitative estimate of drug-likeness (QED) is 0.0229. The van der Waals surface area contributed by atoms with Crippen molar-refractivity contribution in [3.63, 3.8) is 0 Å². The van der Waals surface area contributed by atoms with Crippen LogP contribution in [0.3, 0.4) is 0 Å². The predicted molar refractivity (Wildman–Crippen MR) is 331 cm³/mol. The van der Waals surface area contributed by atoms with Crippen LogP contribution in [0.5, 0.6) is 5.75 Å². The summed E-state index contributed by atoms with van der Waals surface area (Å²) in [6, 6.07) is 9.48. The highest BCUT2D eigenvalue weighted by Gasteiger charge is 2.42. The number of benzene rings is 2. The lowest BCUT2D eigenvalue weighted by Gasteiger charge is -2.34. The highest BCUT2D eigenvalue weighted by molar-refractivity contribution is 6.32. The SMILES string of the molecule is COc1ccc(C[C@H]2NC(=O)/C=C/C[C@@H]([C@H](C)[C@@H](OC(=O)CNC(=O)CCC(=O)[C@@H]3CCCN3C(=O)[C@H](CCCNC(N)=O)NC(=O)[C@@H](CC(=O)CCOCCN)C(C)C)[C@@H](Cl)c3ccccc3)OC(=O)[C@H](CC(C)C)OC(=O)C(C)(C)CNC2=O)cc1Cl. The van der Waals surface area contributed by atoms with E-state index in [-0.39, 0.29) is 120 Å². The zero-order valence-corrected chi connectivity index (χ0v) is 53.8. The highest BCUT2D eigenvalue weighted by atomic mass is 35.5. The zero-order chi connectivity index (χ0) is 66.0. The van der Waals surface area contributed by atoms with E-state index in [1.165, 1.54) is 38.0 Å². The van der Waals surface area contributed by atoms with E-state index in [4.69, 9.17) is 58.4 Å². The topological polar surface area (TPSA) is 349 Å². The minimum Gasteiger partial charge on any atom is -0.495 e. The lowest BCUT2D eigenvalue weighted by Crippen LogP contribution is -2.53. The first-order chi connectivity index (χ1) is 42.1. The summed E-state index contributed by atoms with van der Waals surface area (Å²) in [4.78, 5) is 151. The molecule has 7 amide bonds. The molecule has 24 nitrogen and oxygen atoms in total. The lowest BCUT2D eigenvalue weighted by molar-refractivity contribution is -0.181. The molecular formula is C63H90Cl2N8O16. The summed E-state index contributed by atoms with van der Waals surface area (Å²) in [5, 5.41) is 12.4. The molecule has 4 rings (SSSR count). The molecular weight excluding hydrogens is 1200 g/mol. The Kier molecular flexibility index (Phi) is 31.0. The van der Waals surface area contributed by atoms with E-state index < -0.39 is 125 Å². The third kappa shape index (κ3) is 24.6. The Hall–Kier alpha value is -7.15. The van der Waals surface area contributed by atoms with E-state index in [0.717, 1.165) is 0 Å². The number of Topliss-reactive ketones (excluding diaryl/α,β-unsaturated/α-hetero) is 2. The molecule has 0 radical (unpaired) electrons. The van der Waals surface area contributed by atoms with Crippen LogP contribution >= 0.6 is 23.2 Å². The van der Waals surface area contributed by atoms with Crippen molar-refractivity contribution in [2.24, 2.45) is 40.6 Å². The number of nitrogens with zero attached hydrogens (tertiary/aromatic N) is 1. The maximum atomic E-state index is 14.3. The van der Waals surface area contributed by atoms with Crippen LogP contribution in [0.2, 0.25) is 5.02 Å². The molecule has 1 saturated heterocycles. The van der Waals surface area contributed by atoms with Crippen molar-refractivity contribution in [1.82, 2.24) is 31.5 Å². The summed E-state index contributed by atoms with van der Waals surface area (Å²) < 4.78 is 28.7. The van der Waals surface area contributed by atoms with Gasteiger partial charge in [0.15, 0.2) is 11.9 Å². The molecule has 2 aliphatic rings. The van der Waals surface area contributed by atoms with Crippen molar-refractivity contribution in [3.05, 3.63) is 76.8 Å². The summed E-state index contributed by atoms with van der Waals surface area (Å²) >= 11 is 13.6. The number of cyclic esters (lactones) is 2. The van der Waals surface area contributed by atoms with Gasteiger partial charge in [0, 0.05) is 76.5 Å². The first-order valence-electron chi connectivity index (χ1n) is 30.3. The molecule has 9 N–H and O–H groups in total. The standard InChI is InChI=1S/C63H90Cl2N8O16/c1-37(2)31-51-60(82)87-49(19-12-20-53(77)71-46(33-40-21-23-50(85-8)44(64)32-40)58(80)70-36-63(6,7)61(83)88-51)39(5)56(55(65)41-15-10-9-11-16-41)89-54(78)35-69-52(76)24-22-48(75)47-18-14-28-73(47)59(81)45(17-13-27-68-62(67)84)72-57(79)43(38(3)4)34-42(74)25-29-86-30-26-66/h9-12,15-16,20-21,23,32,37-39,43,45-47,49,51,55-56H,13-14,17-19,22,24-31,33-36,66H2,1-8H3,(H,69,76)(H,70,80)(H,71,77)(H,72,79)(H3,67,68,84)/b20-12+/t39-,43-,45-,46+,47-,49-,51-,55-,56+/m0/s1. The second-order valence-corrected chi connectivity index (χ2v) is 24.6. The molecule has 2 aromatic rings. The number of ketones is 2. The van der Waals surface area contributed by atoms with Crippen LogP contribution < -0.4 is 42.8 Å². The van der Waals surface area contributed by atoms with E-state index in [1.807, 2.05) is 13.8 Å². The van der Waals surface area contributed by atoms with Gasteiger partial charge in [-0.3, -0.25) is 43.2 Å². The van der Waals surface area contributed by atoms with Crippen molar-refractivity contribution >= 4 is 88.2 Å². The number of likely N-dealkylation sites (tertiary alicyclic amines) is 1. The summed E-state index contributed by atoms with van der Waals surface area (Å²) in [6.45, 7) is 11.9. The van der Waals surface area contributed by atoms with Crippen molar-refractivity contribution in [2.45, 2.75) is 161 Å². The molecule has 492 valence electrons. The lowest BCUT2D eigenvalue weighted by atomic mass is 9.88. The summed E-state index contributed by atoms with van der Waals surface area (Å²) in [5.74, 6) is -8.30. The fraction of sp³-hybridized carbons (Fsp3) is 0.603. The van der Waals surface area contributed by atoms with E-state index in [1.54, 1.807) is 69.3 Å². The Balaban J connectivity index is 1.53. The number of methoxy groups -OCH3 is 1. The van der Waals surface area contributed by atoms with Crippen LogP contribution in [0.4, 0.5) is 4.79 Å². The van der Waals surface area contributed by atoms with Crippen LogP contribution in [-0.2, 0) is 73.3 Å². The Morgan fingerprint density at radius 1 is 0.921 bits per heavy atom. The molecule has 9 atom stereocenters. The summed E-state index contributed by atoms with van der Waals surface area (Å²) in [7, 11) is 1.46. The van der Waals surface area contributed by atoms with Crippen molar-refractivity contribution in [3.8, 4) is 5.75 Å². The number of amides is 7. The van der Waals surface area contributed by atoms with E-state index in [9.17, 15) is 52.7 Å². The third-order valence-corrected chi connectivity index (χ3v) is 16.1. The van der Waals surface area contributed by atoms with Gasteiger partial charge in [-0.1, -0.05) is 88.7 Å². The molecule has 0 aromatic heterocycles. The monoisotopic (exact) mass is 1280 g/mol. The van der Waals surface area contributed by atoms with Gasteiger partial charge in [-0.15, -0.1) is 11.6 Å². The number of rotatable bonds is 31. The fourth-order valence-electron chi connectivity index (χ4n) is 10.1. The molecule has 2 aliphatic heterocycles. The van der Waals surface area contributed by atoms with Crippen LogP contribution in [0, 0.1) is 29.1 Å². The van der Waals surface area contributed by atoms with Crippen molar-refractivity contribution in [2.75, 3.05) is 53.0 Å². The van der Waals surface area contributed by atoms with E-state index in [2.05, 4.69) is 26.6 Å². The molecule has 0 spiro atoms. The average Bonchev–Trinajstić information content (AvgIpc) is 3.17. The molecule has 1 fully saturated rings. The van der Waals surface area contributed by atoms with Crippen molar-refractivity contribution < 1.29 is 76.4 Å². The zero-order valence-electron chi connectivity index (χ0n) is 52.2. The van der Waals surface area contributed by atoms with Gasteiger partial charge in [0.1, 0.15) is 42.4 Å². The minimum absolute atomic E-state index is 0.0100. The molecule has 26 heteroatoms. The van der Waals surface area contributed by atoms with Gasteiger partial charge in [0.25, 0.3) is 0 Å². The van der Waals surface area contributed by atoms with Gasteiger partial charge in [0.2, 0.25) is 29.5 Å². The van der Waals surface area contributed by atoms with Gasteiger partial charge < -0.3 is 66.6 Å². The second kappa shape index (κ2) is 37.1. The fourth-order valence-corrected chi connectivity index (χ4v) is 10.8. The molecule has 0 unspecified atom stereocenters. The maximum Gasteiger partial charge on any atom is 0.347 e. The first-order valence-corrected chi connectivity index (χ1v) is 31.1. The van der Waals surface area contributed by atoms with E-state index in [0.29, 0.717) is 29.8 Å². The first kappa shape index (κ1) is 74.3. The number of alkyl halides is 1. The average molecular weight is 1290 g/mol. The normalized spacial score (nSPS) is 20.3. The molecule has 0 saturated carbocycles. The molecule has 2 heterocycles. The Labute approximate surface area is 531 Å². The molecule has 89 heavy (non-hydrogen) atoms. The Morgan fingerprint density at radius 2 is 1.64 bits per heavy atom. The number of halogens is 2. The van der Waals surface area contributed by atoms with Crippen LogP contribution in [-0.4, -0.2) is 159 Å². The smallest absolute Gasteiger partial charge is 0.347 e. The van der Waals surface area contributed by atoms with Crippen LogP contribution in [0.15, 0.2) is 60.7 Å². The summed E-state index contributed by atoms with van der Waals surface area (Å²) in [5.41, 5.74) is 10.4. The number of hydrogen-bond donors (Lipinski definition) is 7. The van der Waals surface area contributed by atoms with Crippen LogP contribution in [0.25, 0.3) is 0 Å². The minimum atomic E-state index is -1.43. The number of nitrogens with two attached hydrogens (primary N) is 2. The second-order valence-electron chi connectivity index (χ2n) is 23.8. The molecule has 0 aliphatic carbocycles. The van der Waals surface area contributed by atoms with Gasteiger partial charge in [-0.25, -0.2) is 9.59 Å². The number of esters is 3. The number of ether oxygens (including phenoxy) is 5. The van der Waals surface area contributed by atoms with Gasteiger partial charge in [-0.05, 0) is 87.1 Å². The van der Waals surface area contributed by atoms with E-state index >= 15 is 0 Å². The number of urea groups is 1.